The number of nitrogens with zero attached hydrogens (tertiary/aromatic N) is 3. The van der Waals surface area contributed by atoms with Crippen LogP contribution in [0, 0.1) is 13.8 Å². The van der Waals surface area contributed by atoms with Gasteiger partial charge in [-0.3, -0.25) is 5.10 Å². The maximum atomic E-state index is 4.35. The summed E-state index contributed by atoms with van der Waals surface area (Å²) in [4.78, 5) is 8.70. The monoisotopic (exact) mass is 239 g/mol. The molecule has 0 amide bonds. The zero-order valence-electron chi connectivity index (χ0n) is 10.2. The smallest absolute Gasteiger partial charge is 0.227 e. The minimum atomic E-state index is 0.617. The van der Waals surface area contributed by atoms with Gasteiger partial charge in [-0.1, -0.05) is 0 Å². The Kier molecular flexibility index (Phi) is 2.44. The molecule has 0 spiro atoms. The van der Waals surface area contributed by atoms with Crippen molar-refractivity contribution >= 4 is 22.5 Å². The van der Waals surface area contributed by atoms with Gasteiger partial charge in [0, 0.05) is 22.5 Å². The van der Waals surface area contributed by atoms with E-state index < -0.39 is 0 Å². The normalized spacial score (nSPS) is 10.8. The van der Waals surface area contributed by atoms with Crippen LogP contribution >= 0.6 is 0 Å². The molecular weight excluding hydrogens is 226 g/mol. The van der Waals surface area contributed by atoms with Crippen LogP contribution in [0.4, 0.5) is 11.6 Å². The van der Waals surface area contributed by atoms with Crippen LogP contribution in [0.2, 0.25) is 0 Å². The fourth-order valence-corrected chi connectivity index (χ4v) is 1.93. The Morgan fingerprint density at radius 1 is 1.06 bits per heavy atom. The van der Waals surface area contributed by atoms with Gasteiger partial charge in [0.15, 0.2) is 0 Å². The lowest BCUT2D eigenvalue weighted by atomic mass is 10.2. The van der Waals surface area contributed by atoms with Crippen LogP contribution < -0.4 is 5.32 Å². The van der Waals surface area contributed by atoms with Gasteiger partial charge in [0.25, 0.3) is 0 Å². The van der Waals surface area contributed by atoms with Crippen LogP contribution in [0.15, 0.2) is 30.5 Å². The third-order valence-corrected chi connectivity index (χ3v) is 2.68. The summed E-state index contributed by atoms with van der Waals surface area (Å²) >= 11 is 0. The molecule has 5 heteroatoms. The molecule has 5 nitrogen and oxygen atoms in total. The maximum Gasteiger partial charge on any atom is 0.227 e. The summed E-state index contributed by atoms with van der Waals surface area (Å²) in [6.45, 7) is 3.91. The number of hydrogen-bond acceptors (Lipinski definition) is 4. The van der Waals surface area contributed by atoms with Crippen molar-refractivity contribution in [1.29, 1.82) is 0 Å². The van der Waals surface area contributed by atoms with Crippen LogP contribution in [0.5, 0.6) is 0 Å². The zero-order chi connectivity index (χ0) is 12.5. The molecule has 0 fully saturated rings. The minimum Gasteiger partial charge on any atom is -0.324 e. The molecule has 1 aromatic carbocycles. The molecule has 2 aromatic heterocycles. The number of fused-ring (bicyclic) bond motifs is 1. The summed E-state index contributed by atoms with van der Waals surface area (Å²) in [5.41, 5.74) is 3.83. The van der Waals surface area contributed by atoms with E-state index in [4.69, 9.17) is 0 Å². The number of rotatable bonds is 2. The molecule has 3 aromatic rings. The maximum absolute atomic E-state index is 4.35. The van der Waals surface area contributed by atoms with Crippen LogP contribution in [0.1, 0.15) is 11.4 Å². The van der Waals surface area contributed by atoms with Gasteiger partial charge < -0.3 is 5.32 Å². The molecule has 0 saturated heterocycles. The Bertz CT molecular complexity index is 681. The molecule has 0 aliphatic carbocycles. The van der Waals surface area contributed by atoms with Gasteiger partial charge in [-0.25, -0.2) is 9.97 Å². The number of aromatic nitrogens is 4. The molecule has 0 bridgehead atoms. The van der Waals surface area contributed by atoms with Crippen LogP contribution in [-0.2, 0) is 0 Å². The van der Waals surface area contributed by atoms with Crippen molar-refractivity contribution in [1.82, 2.24) is 20.2 Å². The Morgan fingerprint density at radius 2 is 1.83 bits per heavy atom. The van der Waals surface area contributed by atoms with Crippen LogP contribution in [-0.4, -0.2) is 20.2 Å². The van der Waals surface area contributed by atoms with Crippen molar-refractivity contribution in [2.45, 2.75) is 13.8 Å². The number of hydrogen-bond donors (Lipinski definition) is 2. The molecule has 0 aliphatic heterocycles. The second-order valence-corrected chi connectivity index (χ2v) is 4.27. The van der Waals surface area contributed by atoms with Gasteiger partial charge in [-0.2, -0.15) is 5.10 Å². The summed E-state index contributed by atoms with van der Waals surface area (Å²) in [6, 6.07) is 7.93. The highest BCUT2D eigenvalue weighted by molar-refractivity contribution is 5.82. The van der Waals surface area contributed by atoms with Gasteiger partial charge in [0.1, 0.15) is 0 Å². The summed E-state index contributed by atoms with van der Waals surface area (Å²) < 4.78 is 0. The fraction of sp³-hybridized carbons (Fsp3) is 0.154. The number of aryl methyl sites for hydroxylation is 2. The third-order valence-electron chi connectivity index (χ3n) is 2.68. The topological polar surface area (TPSA) is 66.5 Å². The lowest BCUT2D eigenvalue weighted by Gasteiger charge is -2.06. The van der Waals surface area contributed by atoms with E-state index in [-0.39, 0.29) is 0 Å². The van der Waals surface area contributed by atoms with E-state index in [2.05, 4.69) is 25.5 Å². The predicted octanol–water partition coefficient (Wildman–Crippen LogP) is 2.71. The van der Waals surface area contributed by atoms with E-state index in [1.54, 1.807) is 6.20 Å². The first-order valence-electron chi connectivity index (χ1n) is 5.73. The third kappa shape index (κ3) is 2.02. The molecule has 0 unspecified atom stereocenters. The lowest BCUT2D eigenvalue weighted by molar-refractivity contribution is 1.06. The largest absolute Gasteiger partial charge is 0.324 e. The van der Waals surface area contributed by atoms with Crippen molar-refractivity contribution in [2.24, 2.45) is 0 Å². The standard InChI is InChI=1S/C13H13N5/c1-8-5-9(2)16-13(15-8)17-11-4-3-10-7-14-18-12(10)6-11/h3-7H,1-2H3,(H,14,18)(H,15,16,17). The van der Waals surface area contributed by atoms with E-state index in [0.717, 1.165) is 28.0 Å². The average Bonchev–Trinajstić information content (AvgIpc) is 2.74. The van der Waals surface area contributed by atoms with E-state index in [1.807, 2.05) is 38.1 Å². The van der Waals surface area contributed by atoms with Crippen LogP contribution in [0.3, 0.4) is 0 Å². The molecule has 2 heterocycles. The SMILES string of the molecule is Cc1cc(C)nc(Nc2ccc3cn[nH]c3c2)n1. The van der Waals surface area contributed by atoms with E-state index in [9.17, 15) is 0 Å². The summed E-state index contributed by atoms with van der Waals surface area (Å²) in [5.74, 6) is 0.617. The fourth-order valence-electron chi connectivity index (χ4n) is 1.93. The van der Waals surface area contributed by atoms with Crippen molar-refractivity contribution in [2.75, 3.05) is 5.32 Å². The highest BCUT2D eigenvalue weighted by atomic mass is 15.1. The molecule has 0 atom stereocenters. The Hall–Kier alpha value is -2.43. The molecule has 0 saturated carbocycles. The van der Waals surface area contributed by atoms with E-state index in [0.29, 0.717) is 5.95 Å². The Balaban J connectivity index is 1.95. The van der Waals surface area contributed by atoms with Crippen molar-refractivity contribution in [3.8, 4) is 0 Å². The first-order chi connectivity index (χ1) is 8.70. The molecule has 2 N–H and O–H groups in total. The first kappa shape index (κ1) is 10.7. The second-order valence-electron chi connectivity index (χ2n) is 4.27. The Labute approximate surface area is 104 Å². The van der Waals surface area contributed by atoms with Gasteiger partial charge in [0.05, 0.1) is 11.7 Å². The molecule has 0 aliphatic rings. The molecule has 3 rings (SSSR count). The average molecular weight is 239 g/mol. The second kappa shape index (κ2) is 4.10. The number of aromatic amines is 1. The quantitative estimate of drug-likeness (QED) is 0.721. The number of benzene rings is 1. The van der Waals surface area contributed by atoms with Gasteiger partial charge >= 0.3 is 0 Å². The predicted molar refractivity (Wildman–Crippen MR) is 70.9 cm³/mol. The first-order valence-corrected chi connectivity index (χ1v) is 5.73. The molecule has 90 valence electrons. The highest BCUT2D eigenvalue weighted by Crippen LogP contribution is 2.19. The van der Waals surface area contributed by atoms with Gasteiger partial charge in [-0.05, 0) is 38.1 Å². The van der Waals surface area contributed by atoms with Crippen molar-refractivity contribution in [3.63, 3.8) is 0 Å². The van der Waals surface area contributed by atoms with Crippen LogP contribution in [0.25, 0.3) is 10.9 Å². The summed E-state index contributed by atoms with van der Waals surface area (Å²) in [5, 5.41) is 11.2. The highest BCUT2D eigenvalue weighted by Gasteiger charge is 2.02. The summed E-state index contributed by atoms with van der Waals surface area (Å²) in [6.07, 6.45) is 1.80. The summed E-state index contributed by atoms with van der Waals surface area (Å²) in [7, 11) is 0. The number of nitrogens with one attached hydrogen (secondary N) is 2. The molecular formula is C13H13N5. The van der Waals surface area contributed by atoms with E-state index in [1.165, 1.54) is 0 Å². The molecule has 0 radical (unpaired) electrons. The molecule has 18 heavy (non-hydrogen) atoms. The Morgan fingerprint density at radius 3 is 2.61 bits per heavy atom. The minimum absolute atomic E-state index is 0.617. The van der Waals surface area contributed by atoms with Crippen molar-refractivity contribution < 1.29 is 0 Å². The van der Waals surface area contributed by atoms with Crippen molar-refractivity contribution in [3.05, 3.63) is 41.9 Å². The van der Waals surface area contributed by atoms with E-state index >= 15 is 0 Å². The number of H-pyrrole nitrogens is 1. The van der Waals surface area contributed by atoms with Gasteiger partial charge in [-0.15, -0.1) is 0 Å². The number of anilines is 2. The lowest BCUT2D eigenvalue weighted by Crippen LogP contribution is -1.99. The zero-order valence-corrected chi connectivity index (χ0v) is 10.2. The van der Waals surface area contributed by atoms with Gasteiger partial charge in [0.2, 0.25) is 5.95 Å².